The average Bonchev–Trinajstić information content (AvgIpc) is 3.44. The predicted molar refractivity (Wildman–Crippen MR) is 163 cm³/mol. The van der Waals surface area contributed by atoms with Crippen molar-refractivity contribution in [3.05, 3.63) is 53.7 Å². The minimum absolute atomic E-state index is 0.154. The van der Waals surface area contributed by atoms with Crippen LogP contribution in [0.1, 0.15) is 52.4 Å². The topological polar surface area (TPSA) is 106 Å². The van der Waals surface area contributed by atoms with Crippen LogP contribution in [0.5, 0.6) is 11.5 Å². The van der Waals surface area contributed by atoms with Crippen LogP contribution in [-0.2, 0) is 9.84 Å². The van der Waals surface area contributed by atoms with Gasteiger partial charge in [-0.25, -0.2) is 13.4 Å². The number of halogens is 1. The lowest BCUT2D eigenvalue weighted by molar-refractivity contribution is 0.201. The van der Waals surface area contributed by atoms with Gasteiger partial charge in [0.15, 0.2) is 15.7 Å². The van der Waals surface area contributed by atoms with Crippen LogP contribution in [0.15, 0.2) is 53.6 Å². The van der Waals surface area contributed by atoms with Gasteiger partial charge in [0.2, 0.25) is 5.95 Å². The summed E-state index contributed by atoms with van der Waals surface area (Å²) in [4.78, 5) is 11.5. The molecule has 0 bridgehead atoms. The highest BCUT2D eigenvalue weighted by Crippen LogP contribution is 2.36. The van der Waals surface area contributed by atoms with E-state index < -0.39 is 9.84 Å². The van der Waals surface area contributed by atoms with Crippen molar-refractivity contribution in [2.24, 2.45) is 0 Å². The monoisotopic (exact) mass is 599 g/mol. The highest BCUT2D eigenvalue weighted by atomic mass is 35.5. The van der Waals surface area contributed by atoms with Crippen LogP contribution < -0.4 is 20.1 Å². The van der Waals surface area contributed by atoms with Crippen molar-refractivity contribution in [2.45, 2.75) is 68.6 Å². The van der Waals surface area contributed by atoms with Crippen LogP contribution in [0.2, 0.25) is 5.02 Å². The van der Waals surface area contributed by atoms with Crippen molar-refractivity contribution in [1.82, 2.24) is 14.9 Å². The number of nitrogens with one attached hydrogen (secondary N) is 2. The number of rotatable bonds is 11. The fourth-order valence-corrected chi connectivity index (χ4v) is 7.61. The largest absolute Gasteiger partial charge is 0.492 e. The third kappa shape index (κ3) is 7.05. The van der Waals surface area contributed by atoms with E-state index in [1.807, 2.05) is 25.1 Å². The van der Waals surface area contributed by atoms with Gasteiger partial charge in [-0.2, -0.15) is 4.98 Å². The lowest BCUT2D eigenvalue weighted by Crippen LogP contribution is -2.24. The van der Waals surface area contributed by atoms with E-state index in [1.165, 1.54) is 6.20 Å². The summed E-state index contributed by atoms with van der Waals surface area (Å²) in [5.74, 6) is 1.95. The second kappa shape index (κ2) is 13.3. The molecule has 1 saturated heterocycles. The molecule has 1 aromatic heterocycles. The van der Waals surface area contributed by atoms with Crippen LogP contribution in [-0.4, -0.2) is 60.9 Å². The number of benzene rings is 2. The maximum Gasteiger partial charge on any atom is 0.229 e. The van der Waals surface area contributed by atoms with Crippen LogP contribution in [0.25, 0.3) is 0 Å². The van der Waals surface area contributed by atoms with Gasteiger partial charge in [-0.3, -0.25) is 4.90 Å². The van der Waals surface area contributed by atoms with E-state index in [4.69, 9.17) is 21.1 Å². The molecule has 220 valence electrons. The molecule has 2 heterocycles. The van der Waals surface area contributed by atoms with E-state index in [0.717, 1.165) is 51.1 Å². The Morgan fingerprint density at radius 3 is 2.59 bits per heavy atom. The molecule has 0 amide bonds. The number of sulfone groups is 1. The molecule has 1 unspecified atom stereocenters. The van der Waals surface area contributed by atoms with E-state index in [0.29, 0.717) is 42.4 Å². The van der Waals surface area contributed by atoms with Gasteiger partial charge in [0.1, 0.15) is 22.6 Å². The standard InChI is InChI=1S/C30H38ClN5O4S/c1-3-36-17-16-22(20-36)40-21-14-15-25(27(18-21)39-4-2)34-30-32-19-24(31)29(35-30)33-26-12-8-9-13-28(26)41(37,38)23-10-6-5-7-11-23/h8-9,12-15,18-19,22-23H,3-7,10-11,16-17,20H2,1-2H3,(H2,32,33,34,35). The molecule has 2 fully saturated rings. The van der Waals surface area contributed by atoms with Crippen molar-refractivity contribution in [1.29, 1.82) is 0 Å². The summed E-state index contributed by atoms with van der Waals surface area (Å²) < 4.78 is 39.2. The van der Waals surface area contributed by atoms with E-state index in [2.05, 4.69) is 32.4 Å². The van der Waals surface area contributed by atoms with Gasteiger partial charge in [-0.1, -0.05) is 49.9 Å². The third-order valence-corrected chi connectivity index (χ3v) is 10.3. The summed E-state index contributed by atoms with van der Waals surface area (Å²) in [6, 6.07) is 12.6. The number of aromatic nitrogens is 2. The van der Waals surface area contributed by atoms with Gasteiger partial charge in [0, 0.05) is 19.2 Å². The van der Waals surface area contributed by atoms with Crippen molar-refractivity contribution in [3.63, 3.8) is 0 Å². The molecule has 1 aliphatic carbocycles. The van der Waals surface area contributed by atoms with Gasteiger partial charge in [0.05, 0.1) is 34.3 Å². The lowest BCUT2D eigenvalue weighted by Gasteiger charge is -2.23. The fourth-order valence-electron chi connectivity index (χ4n) is 5.46. The highest BCUT2D eigenvalue weighted by Gasteiger charge is 2.31. The highest BCUT2D eigenvalue weighted by molar-refractivity contribution is 7.92. The smallest absolute Gasteiger partial charge is 0.229 e. The molecule has 2 aromatic carbocycles. The molecule has 9 nitrogen and oxygen atoms in total. The van der Waals surface area contributed by atoms with E-state index in [1.54, 1.807) is 24.3 Å². The number of likely N-dealkylation sites (tertiary alicyclic amines) is 1. The van der Waals surface area contributed by atoms with Crippen LogP contribution in [0.4, 0.5) is 23.1 Å². The SMILES string of the molecule is CCOc1cc(OC2CCN(CC)C2)ccc1Nc1ncc(Cl)c(Nc2ccccc2S(=O)(=O)C2CCCCC2)n1. The Morgan fingerprint density at radius 2 is 1.83 bits per heavy atom. The summed E-state index contributed by atoms with van der Waals surface area (Å²) in [6.07, 6.45) is 6.94. The number of nitrogens with zero attached hydrogens (tertiary/aromatic N) is 3. The van der Waals surface area contributed by atoms with E-state index in [9.17, 15) is 8.42 Å². The Morgan fingerprint density at radius 1 is 1.02 bits per heavy atom. The summed E-state index contributed by atoms with van der Waals surface area (Å²) in [6.45, 7) is 7.54. The maximum atomic E-state index is 13.5. The van der Waals surface area contributed by atoms with Crippen molar-refractivity contribution in [2.75, 3.05) is 36.9 Å². The van der Waals surface area contributed by atoms with Gasteiger partial charge < -0.3 is 20.1 Å². The maximum absolute atomic E-state index is 13.5. The van der Waals surface area contributed by atoms with Crippen molar-refractivity contribution < 1.29 is 17.9 Å². The minimum Gasteiger partial charge on any atom is -0.492 e. The Kier molecular flexibility index (Phi) is 9.52. The first-order valence-electron chi connectivity index (χ1n) is 14.4. The van der Waals surface area contributed by atoms with E-state index in [-0.39, 0.29) is 27.2 Å². The molecule has 0 spiro atoms. The Hall–Kier alpha value is -3.08. The van der Waals surface area contributed by atoms with Gasteiger partial charge >= 0.3 is 0 Å². The molecular weight excluding hydrogens is 562 g/mol. The normalized spacial score (nSPS) is 18.3. The molecule has 1 aliphatic heterocycles. The molecule has 41 heavy (non-hydrogen) atoms. The van der Waals surface area contributed by atoms with Crippen molar-refractivity contribution >= 4 is 44.6 Å². The second-order valence-corrected chi connectivity index (χ2v) is 13.1. The summed E-state index contributed by atoms with van der Waals surface area (Å²) in [7, 11) is -3.51. The second-order valence-electron chi connectivity index (χ2n) is 10.5. The van der Waals surface area contributed by atoms with Gasteiger partial charge in [-0.15, -0.1) is 0 Å². The Labute approximate surface area is 247 Å². The molecule has 0 radical (unpaired) electrons. The predicted octanol–water partition coefficient (Wildman–Crippen LogP) is 6.60. The number of anilines is 4. The molecule has 1 saturated carbocycles. The first-order chi connectivity index (χ1) is 19.9. The first-order valence-corrected chi connectivity index (χ1v) is 16.3. The zero-order valence-corrected chi connectivity index (χ0v) is 25.2. The van der Waals surface area contributed by atoms with Crippen LogP contribution in [0.3, 0.4) is 0 Å². The van der Waals surface area contributed by atoms with Gasteiger partial charge in [-0.05, 0) is 57.0 Å². The Balaban J connectivity index is 1.35. The molecule has 5 rings (SSSR count). The molecule has 1 atom stereocenters. The minimum atomic E-state index is -3.51. The summed E-state index contributed by atoms with van der Waals surface area (Å²) >= 11 is 6.46. The van der Waals surface area contributed by atoms with Crippen LogP contribution >= 0.6 is 11.6 Å². The zero-order chi connectivity index (χ0) is 28.8. The third-order valence-electron chi connectivity index (χ3n) is 7.66. The number of likely N-dealkylation sites (N-methyl/N-ethyl adjacent to an activating group) is 1. The summed E-state index contributed by atoms with van der Waals surface area (Å²) in [5, 5.41) is 6.26. The van der Waals surface area contributed by atoms with Gasteiger partial charge in [0.25, 0.3) is 0 Å². The molecule has 3 aromatic rings. The van der Waals surface area contributed by atoms with Crippen molar-refractivity contribution in [3.8, 4) is 11.5 Å². The molecule has 2 aliphatic rings. The average molecular weight is 600 g/mol. The fraction of sp³-hybridized carbons (Fsp3) is 0.467. The number of hydrogen-bond donors (Lipinski definition) is 2. The lowest BCUT2D eigenvalue weighted by atomic mass is 10.0. The number of ether oxygens (including phenoxy) is 2. The first kappa shape index (κ1) is 29.4. The van der Waals surface area contributed by atoms with Crippen LogP contribution in [0, 0.1) is 0 Å². The summed E-state index contributed by atoms with van der Waals surface area (Å²) in [5.41, 5.74) is 1.11. The zero-order valence-electron chi connectivity index (χ0n) is 23.6. The Bertz CT molecular complexity index is 1450. The quantitative estimate of drug-likeness (QED) is 0.252. The molecule has 11 heteroatoms. The number of hydrogen-bond acceptors (Lipinski definition) is 9. The van der Waals surface area contributed by atoms with E-state index >= 15 is 0 Å². The number of para-hydroxylation sites is 1. The molecular formula is C30H38ClN5O4S. The molecule has 2 N–H and O–H groups in total.